The molecule has 0 spiro atoms. The van der Waals surface area contributed by atoms with E-state index in [1.807, 2.05) is 20.8 Å². The van der Waals surface area contributed by atoms with Crippen molar-refractivity contribution in [3.63, 3.8) is 0 Å². The van der Waals surface area contributed by atoms with Crippen molar-refractivity contribution in [3.05, 3.63) is 16.4 Å². The highest BCUT2D eigenvalue weighted by Crippen LogP contribution is 2.20. The third kappa shape index (κ3) is 2.15. The Balaban J connectivity index is 3.19. The topological polar surface area (TPSA) is 20.7 Å². The minimum absolute atomic E-state index is 0.125. The summed E-state index contributed by atoms with van der Waals surface area (Å²) in [6, 6.07) is 1.30. The predicted octanol–water partition coefficient (Wildman–Crippen LogP) is 3.24. The minimum Gasteiger partial charge on any atom is -0.295 e. The van der Waals surface area contributed by atoms with Crippen LogP contribution in [0.5, 0.6) is 0 Å². The Hall–Kier alpha value is -0.710. The molecule has 2 nitrogen and oxygen atoms in total. The smallest absolute Gasteiger partial charge is 0.279 e. The lowest BCUT2D eigenvalue weighted by atomic mass is 10.1. The summed E-state index contributed by atoms with van der Waals surface area (Å²) >= 11 is 4.94. The zero-order chi connectivity index (χ0) is 10.2. The number of nitrogens with zero attached hydrogens (tertiary/aromatic N) is 1. The van der Waals surface area contributed by atoms with Gasteiger partial charge in [-0.1, -0.05) is 12.2 Å². The molecule has 1 heterocycles. The maximum atomic E-state index is 12.3. The summed E-state index contributed by atoms with van der Waals surface area (Å²) < 4.78 is 26.5. The highest BCUT2D eigenvalue weighted by molar-refractivity contribution is 7.71. The molecule has 1 rings (SSSR count). The number of halogens is 2. The first kappa shape index (κ1) is 10.4. The Morgan fingerprint density at radius 1 is 1.46 bits per heavy atom. The van der Waals surface area contributed by atoms with E-state index in [4.69, 9.17) is 12.2 Å². The van der Waals surface area contributed by atoms with E-state index in [0.29, 0.717) is 4.64 Å². The summed E-state index contributed by atoms with van der Waals surface area (Å²) in [5.41, 5.74) is -0.413. The molecule has 13 heavy (non-hydrogen) atoms. The van der Waals surface area contributed by atoms with E-state index in [1.54, 1.807) is 4.68 Å². The van der Waals surface area contributed by atoms with Crippen molar-refractivity contribution in [2.45, 2.75) is 32.7 Å². The molecule has 0 unspecified atom stereocenters. The highest BCUT2D eigenvalue weighted by atomic mass is 32.1. The van der Waals surface area contributed by atoms with Crippen LogP contribution in [0, 0.1) is 4.64 Å². The molecule has 0 saturated carbocycles. The van der Waals surface area contributed by atoms with Crippen LogP contribution in [-0.2, 0) is 5.54 Å². The molecule has 0 atom stereocenters. The standard InChI is InChI=1S/C8H12F2N2S/c1-8(2,3)12-6(13)4-5(11-12)7(9)10/h4,7,11H,1-3H3. The van der Waals surface area contributed by atoms with Crippen molar-refractivity contribution >= 4 is 12.2 Å². The molecule has 1 aromatic rings. The second-order valence-corrected chi connectivity index (χ2v) is 4.27. The van der Waals surface area contributed by atoms with E-state index in [2.05, 4.69) is 5.10 Å². The quantitative estimate of drug-likeness (QED) is 0.699. The predicted molar refractivity (Wildman–Crippen MR) is 49.6 cm³/mol. The summed E-state index contributed by atoms with van der Waals surface area (Å²) in [7, 11) is 0. The average Bonchev–Trinajstić information content (AvgIpc) is 2.29. The Morgan fingerprint density at radius 3 is 2.23 bits per heavy atom. The van der Waals surface area contributed by atoms with Gasteiger partial charge in [-0.25, -0.2) is 8.78 Å². The fourth-order valence-corrected chi connectivity index (χ4v) is 1.47. The van der Waals surface area contributed by atoms with Gasteiger partial charge in [0.05, 0.1) is 5.54 Å². The third-order valence-corrected chi connectivity index (χ3v) is 1.95. The lowest BCUT2D eigenvalue weighted by Crippen LogP contribution is -2.23. The van der Waals surface area contributed by atoms with Crippen molar-refractivity contribution in [2.75, 3.05) is 0 Å². The van der Waals surface area contributed by atoms with E-state index in [9.17, 15) is 8.78 Å². The number of H-pyrrole nitrogens is 1. The Kier molecular flexibility index (Phi) is 2.56. The SMILES string of the molecule is CC(C)(C)n1[nH]c(C(F)F)cc1=S. The van der Waals surface area contributed by atoms with Crippen LogP contribution in [0.15, 0.2) is 6.07 Å². The van der Waals surface area contributed by atoms with Crippen molar-refractivity contribution in [2.24, 2.45) is 0 Å². The molecule has 0 bridgehead atoms. The van der Waals surface area contributed by atoms with Crippen LogP contribution in [0.3, 0.4) is 0 Å². The fraction of sp³-hybridized carbons (Fsp3) is 0.625. The van der Waals surface area contributed by atoms with Gasteiger partial charge in [0.2, 0.25) is 0 Å². The molecule has 0 fully saturated rings. The monoisotopic (exact) mass is 206 g/mol. The van der Waals surface area contributed by atoms with Crippen molar-refractivity contribution in [1.29, 1.82) is 0 Å². The van der Waals surface area contributed by atoms with Gasteiger partial charge < -0.3 is 0 Å². The van der Waals surface area contributed by atoms with Crippen LogP contribution >= 0.6 is 12.2 Å². The first-order valence-electron chi connectivity index (χ1n) is 3.93. The zero-order valence-corrected chi connectivity index (χ0v) is 8.58. The lowest BCUT2D eigenvalue weighted by molar-refractivity contribution is 0.143. The number of aromatic nitrogens is 2. The van der Waals surface area contributed by atoms with Crippen molar-refractivity contribution in [1.82, 2.24) is 9.78 Å². The van der Waals surface area contributed by atoms with Crippen molar-refractivity contribution in [3.8, 4) is 0 Å². The number of rotatable bonds is 1. The first-order valence-corrected chi connectivity index (χ1v) is 4.34. The molecular formula is C8H12F2N2S. The number of nitrogens with one attached hydrogen (secondary N) is 1. The van der Waals surface area contributed by atoms with Crippen LogP contribution in [0.25, 0.3) is 0 Å². The number of aromatic amines is 1. The maximum absolute atomic E-state index is 12.3. The van der Waals surface area contributed by atoms with Gasteiger partial charge >= 0.3 is 0 Å². The Morgan fingerprint density at radius 2 is 2.00 bits per heavy atom. The molecule has 5 heteroatoms. The van der Waals surface area contributed by atoms with Gasteiger partial charge in [0.15, 0.2) is 0 Å². The van der Waals surface area contributed by atoms with Crippen LogP contribution in [0.2, 0.25) is 0 Å². The summed E-state index contributed by atoms with van der Waals surface area (Å²) in [5.74, 6) is 0. The van der Waals surface area contributed by atoms with Gasteiger partial charge in [0.1, 0.15) is 10.3 Å². The second-order valence-electron chi connectivity index (χ2n) is 3.86. The van der Waals surface area contributed by atoms with Gasteiger partial charge in [-0.3, -0.25) is 9.78 Å². The fourth-order valence-electron chi connectivity index (χ4n) is 1.02. The van der Waals surface area contributed by atoms with E-state index in [-0.39, 0.29) is 11.2 Å². The first-order chi connectivity index (χ1) is 5.82. The Labute approximate surface area is 80.6 Å². The van der Waals surface area contributed by atoms with E-state index < -0.39 is 6.43 Å². The van der Waals surface area contributed by atoms with E-state index in [1.165, 1.54) is 6.07 Å². The van der Waals surface area contributed by atoms with Crippen LogP contribution in [0.1, 0.15) is 32.9 Å². The molecule has 0 aromatic carbocycles. The largest absolute Gasteiger partial charge is 0.295 e. The summed E-state index contributed by atoms with van der Waals surface area (Å²) in [5, 5.41) is 2.58. The van der Waals surface area contributed by atoms with Gasteiger partial charge in [-0.15, -0.1) is 0 Å². The molecule has 0 aliphatic heterocycles. The number of hydrogen-bond donors (Lipinski definition) is 1. The zero-order valence-electron chi connectivity index (χ0n) is 7.77. The Bertz CT molecular complexity index is 346. The van der Waals surface area contributed by atoms with Crippen molar-refractivity contribution < 1.29 is 8.78 Å². The molecule has 74 valence electrons. The van der Waals surface area contributed by atoms with Gasteiger partial charge in [0.25, 0.3) is 6.43 Å². The maximum Gasteiger partial charge on any atom is 0.279 e. The third-order valence-electron chi connectivity index (χ3n) is 1.65. The second kappa shape index (κ2) is 3.21. The van der Waals surface area contributed by atoms with Gasteiger partial charge in [-0.05, 0) is 20.8 Å². The molecule has 0 radical (unpaired) electrons. The van der Waals surface area contributed by atoms with Crippen LogP contribution < -0.4 is 0 Å². The summed E-state index contributed by atoms with van der Waals surface area (Å²) in [6.45, 7) is 5.69. The number of hydrogen-bond acceptors (Lipinski definition) is 1. The average molecular weight is 206 g/mol. The van der Waals surface area contributed by atoms with E-state index >= 15 is 0 Å². The molecule has 0 amide bonds. The molecular weight excluding hydrogens is 194 g/mol. The molecule has 0 aliphatic carbocycles. The lowest BCUT2D eigenvalue weighted by Gasteiger charge is -2.20. The molecule has 0 aliphatic rings. The minimum atomic E-state index is -2.50. The summed E-state index contributed by atoms with van der Waals surface area (Å²) in [4.78, 5) is 0. The van der Waals surface area contributed by atoms with E-state index in [0.717, 1.165) is 0 Å². The normalized spacial score (nSPS) is 12.5. The van der Waals surface area contributed by atoms with Gasteiger partial charge in [0, 0.05) is 6.07 Å². The molecule has 1 aromatic heterocycles. The van der Waals surface area contributed by atoms with Crippen LogP contribution in [-0.4, -0.2) is 9.78 Å². The number of alkyl halides is 2. The van der Waals surface area contributed by atoms with Crippen LogP contribution in [0.4, 0.5) is 8.78 Å². The molecule has 1 N–H and O–H groups in total. The summed E-state index contributed by atoms with van der Waals surface area (Å²) in [6.07, 6.45) is -2.50. The molecule has 0 saturated heterocycles. The van der Waals surface area contributed by atoms with Gasteiger partial charge in [-0.2, -0.15) is 0 Å². The highest BCUT2D eigenvalue weighted by Gasteiger charge is 2.18.